The number of benzene rings is 2. The molecule has 0 aliphatic heterocycles. The van der Waals surface area contributed by atoms with E-state index in [1.807, 2.05) is 0 Å². The summed E-state index contributed by atoms with van der Waals surface area (Å²) in [6.07, 6.45) is 0. The van der Waals surface area contributed by atoms with Crippen molar-refractivity contribution in [2.45, 2.75) is 0 Å². The molecule has 0 radical (unpaired) electrons. The number of ether oxygens (including phenoxy) is 4. The number of carbonyl (C=O) groups excluding carboxylic acids is 3. The maximum Gasteiger partial charge on any atom is 0.325 e. The van der Waals surface area contributed by atoms with Gasteiger partial charge in [-0.1, -0.05) is 6.07 Å². The van der Waals surface area contributed by atoms with Gasteiger partial charge in [-0.15, -0.1) is 0 Å². The van der Waals surface area contributed by atoms with Crippen molar-refractivity contribution < 1.29 is 33.3 Å². The molecule has 0 fully saturated rings. The number of anilines is 1. The maximum atomic E-state index is 12.0. The second kappa shape index (κ2) is 10.5. The lowest BCUT2D eigenvalue weighted by molar-refractivity contribution is -0.146. The van der Waals surface area contributed by atoms with Gasteiger partial charge in [-0.05, 0) is 30.3 Å². The monoisotopic (exact) mass is 402 g/mol. The first-order valence-electron chi connectivity index (χ1n) is 8.56. The normalized spacial score (nSPS) is 9.90. The van der Waals surface area contributed by atoms with E-state index in [9.17, 15) is 14.4 Å². The summed E-state index contributed by atoms with van der Waals surface area (Å²) in [5.41, 5.74) is 0.790. The first kappa shape index (κ1) is 21.5. The molecule has 0 spiro atoms. The average molecular weight is 402 g/mol. The highest BCUT2D eigenvalue weighted by Gasteiger charge is 2.12. The number of carbonyl (C=O) groups is 3. The second-order valence-corrected chi connectivity index (χ2v) is 5.69. The minimum absolute atomic E-state index is 0.336. The molecule has 154 valence electrons. The summed E-state index contributed by atoms with van der Waals surface area (Å²) in [4.78, 5) is 35.7. The molecule has 0 saturated heterocycles. The molecule has 0 aliphatic carbocycles. The summed E-state index contributed by atoms with van der Waals surface area (Å²) < 4.78 is 20.2. The Morgan fingerprint density at radius 2 is 1.66 bits per heavy atom. The number of amides is 2. The molecule has 2 N–H and O–H groups in total. The van der Waals surface area contributed by atoms with Crippen LogP contribution >= 0.6 is 0 Å². The van der Waals surface area contributed by atoms with Crippen LogP contribution in [-0.2, 0) is 14.3 Å². The average Bonchev–Trinajstić information content (AvgIpc) is 2.75. The lowest BCUT2D eigenvalue weighted by atomic mass is 10.2. The predicted octanol–water partition coefficient (Wildman–Crippen LogP) is 1.62. The standard InChI is InChI=1S/C20H22N2O7/c1-26-15-6-4-5-13(9-15)20(25)21-11-19(24)29-12-18(23)22-14-7-8-16(27-2)17(10-14)28-3/h4-10H,11-12H2,1-3H3,(H,21,25)(H,22,23). The Morgan fingerprint density at radius 1 is 0.897 bits per heavy atom. The third-order valence-corrected chi connectivity index (χ3v) is 3.76. The van der Waals surface area contributed by atoms with Crippen LogP contribution in [0.1, 0.15) is 10.4 Å². The van der Waals surface area contributed by atoms with Crippen molar-refractivity contribution in [3.8, 4) is 17.2 Å². The van der Waals surface area contributed by atoms with Crippen molar-refractivity contribution in [3.63, 3.8) is 0 Å². The Hall–Kier alpha value is -3.75. The zero-order valence-electron chi connectivity index (χ0n) is 16.3. The first-order valence-corrected chi connectivity index (χ1v) is 8.56. The van der Waals surface area contributed by atoms with E-state index in [-0.39, 0.29) is 6.54 Å². The highest BCUT2D eigenvalue weighted by molar-refractivity contribution is 5.97. The van der Waals surface area contributed by atoms with Crippen LogP contribution in [-0.4, -0.2) is 52.3 Å². The fraction of sp³-hybridized carbons (Fsp3) is 0.250. The predicted molar refractivity (Wildman–Crippen MR) is 104 cm³/mol. The van der Waals surface area contributed by atoms with E-state index in [0.717, 1.165) is 0 Å². The molecule has 9 heteroatoms. The van der Waals surface area contributed by atoms with Gasteiger partial charge in [0.15, 0.2) is 18.1 Å². The lowest BCUT2D eigenvalue weighted by Gasteiger charge is -2.11. The van der Waals surface area contributed by atoms with E-state index in [0.29, 0.717) is 28.5 Å². The van der Waals surface area contributed by atoms with E-state index < -0.39 is 24.4 Å². The molecular formula is C20H22N2O7. The van der Waals surface area contributed by atoms with Gasteiger partial charge in [-0.3, -0.25) is 14.4 Å². The second-order valence-electron chi connectivity index (χ2n) is 5.69. The SMILES string of the molecule is COc1cccc(C(=O)NCC(=O)OCC(=O)Nc2ccc(OC)c(OC)c2)c1. The van der Waals surface area contributed by atoms with Crippen molar-refractivity contribution in [2.75, 3.05) is 39.8 Å². The zero-order valence-corrected chi connectivity index (χ0v) is 16.3. The zero-order chi connectivity index (χ0) is 21.2. The lowest BCUT2D eigenvalue weighted by Crippen LogP contribution is -2.32. The number of esters is 1. The van der Waals surface area contributed by atoms with Crippen LogP contribution in [0.15, 0.2) is 42.5 Å². The molecule has 9 nitrogen and oxygen atoms in total. The summed E-state index contributed by atoms with van der Waals surface area (Å²) in [7, 11) is 4.47. The van der Waals surface area contributed by atoms with Crippen molar-refractivity contribution in [2.24, 2.45) is 0 Å². The van der Waals surface area contributed by atoms with Crippen molar-refractivity contribution in [3.05, 3.63) is 48.0 Å². The molecule has 0 saturated carbocycles. The van der Waals surface area contributed by atoms with Gasteiger partial charge in [0.1, 0.15) is 12.3 Å². The van der Waals surface area contributed by atoms with Gasteiger partial charge in [0.05, 0.1) is 21.3 Å². The van der Waals surface area contributed by atoms with Gasteiger partial charge in [0, 0.05) is 17.3 Å². The Bertz CT molecular complexity index is 883. The van der Waals surface area contributed by atoms with Gasteiger partial charge >= 0.3 is 5.97 Å². The minimum atomic E-state index is -0.747. The molecule has 0 heterocycles. The van der Waals surface area contributed by atoms with Gasteiger partial charge in [0.25, 0.3) is 11.8 Å². The Morgan fingerprint density at radius 3 is 2.34 bits per heavy atom. The fourth-order valence-electron chi connectivity index (χ4n) is 2.33. The molecule has 0 aromatic heterocycles. The number of hydrogen-bond donors (Lipinski definition) is 2. The molecular weight excluding hydrogens is 380 g/mol. The molecule has 29 heavy (non-hydrogen) atoms. The van der Waals surface area contributed by atoms with Crippen LogP contribution in [0.5, 0.6) is 17.2 Å². The highest BCUT2D eigenvalue weighted by atomic mass is 16.5. The Labute approximate surface area is 167 Å². The quantitative estimate of drug-likeness (QED) is 0.613. The topological polar surface area (TPSA) is 112 Å². The summed E-state index contributed by atoms with van der Waals surface area (Å²) in [5.74, 6) is -0.262. The van der Waals surface area contributed by atoms with Crippen LogP contribution in [0.3, 0.4) is 0 Å². The Balaban J connectivity index is 1.78. The minimum Gasteiger partial charge on any atom is -0.497 e. The summed E-state index contributed by atoms with van der Waals surface area (Å²) in [6.45, 7) is -0.873. The molecule has 2 aromatic rings. The van der Waals surface area contributed by atoms with Crippen molar-refractivity contribution in [1.29, 1.82) is 0 Å². The summed E-state index contributed by atoms with van der Waals surface area (Å²) in [6, 6.07) is 11.3. The molecule has 2 rings (SSSR count). The summed E-state index contributed by atoms with van der Waals surface area (Å²) >= 11 is 0. The Kier molecular flexibility index (Phi) is 7.84. The highest BCUT2D eigenvalue weighted by Crippen LogP contribution is 2.29. The number of methoxy groups -OCH3 is 3. The van der Waals surface area contributed by atoms with Gasteiger partial charge in [-0.2, -0.15) is 0 Å². The van der Waals surface area contributed by atoms with Crippen LogP contribution in [0.2, 0.25) is 0 Å². The smallest absolute Gasteiger partial charge is 0.325 e. The fourth-order valence-corrected chi connectivity index (χ4v) is 2.33. The molecule has 0 unspecified atom stereocenters. The number of rotatable bonds is 9. The van der Waals surface area contributed by atoms with Gasteiger partial charge in [0.2, 0.25) is 0 Å². The van der Waals surface area contributed by atoms with E-state index in [1.54, 1.807) is 36.4 Å². The van der Waals surface area contributed by atoms with Crippen LogP contribution < -0.4 is 24.8 Å². The van der Waals surface area contributed by atoms with E-state index in [2.05, 4.69) is 10.6 Å². The van der Waals surface area contributed by atoms with E-state index >= 15 is 0 Å². The van der Waals surface area contributed by atoms with Crippen LogP contribution in [0, 0.1) is 0 Å². The third kappa shape index (κ3) is 6.42. The van der Waals surface area contributed by atoms with Crippen molar-refractivity contribution in [1.82, 2.24) is 5.32 Å². The molecule has 0 aliphatic rings. The maximum absolute atomic E-state index is 12.0. The summed E-state index contributed by atoms with van der Waals surface area (Å²) in [5, 5.41) is 4.99. The van der Waals surface area contributed by atoms with Crippen molar-refractivity contribution >= 4 is 23.5 Å². The largest absolute Gasteiger partial charge is 0.497 e. The molecule has 0 bridgehead atoms. The third-order valence-electron chi connectivity index (χ3n) is 3.76. The molecule has 0 atom stereocenters. The first-order chi connectivity index (χ1) is 14.0. The van der Waals surface area contributed by atoms with Crippen LogP contribution in [0.25, 0.3) is 0 Å². The van der Waals surface area contributed by atoms with Gasteiger partial charge < -0.3 is 29.6 Å². The molecule has 2 aromatic carbocycles. The van der Waals surface area contributed by atoms with Gasteiger partial charge in [-0.25, -0.2) is 0 Å². The molecule has 2 amide bonds. The van der Waals surface area contributed by atoms with E-state index in [1.165, 1.54) is 27.4 Å². The van der Waals surface area contributed by atoms with E-state index in [4.69, 9.17) is 18.9 Å². The van der Waals surface area contributed by atoms with Crippen LogP contribution in [0.4, 0.5) is 5.69 Å². The number of nitrogens with one attached hydrogen (secondary N) is 2. The number of hydrogen-bond acceptors (Lipinski definition) is 7.